The fraction of sp³-hybridized carbons (Fsp3) is 0.174. The zero-order valence-corrected chi connectivity index (χ0v) is 19.5. The van der Waals surface area contributed by atoms with Crippen LogP contribution >= 0.6 is 34.3 Å². The predicted molar refractivity (Wildman–Crippen MR) is 127 cm³/mol. The highest BCUT2D eigenvalue weighted by atomic mass is 35.5. The fourth-order valence-corrected chi connectivity index (χ4v) is 5.56. The molecule has 0 bridgehead atoms. The Hall–Kier alpha value is -2.74. The molecule has 0 unspecified atom stereocenters. The molecule has 0 aliphatic heterocycles. The number of halogens is 1. The smallest absolute Gasteiger partial charge is 0.348 e. The molecule has 4 rings (SSSR count). The van der Waals surface area contributed by atoms with E-state index >= 15 is 0 Å². The minimum absolute atomic E-state index is 0.0237. The maximum Gasteiger partial charge on any atom is 0.348 e. The number of esters is 1. The average molecular weight is 471 g/mol. The van der Waals surface area contributed by atoms with Crippen molar-refractivity contribution < 1.29 is 14.3 Å². The normalized spacial score (nSPS) is 11.0. The van der Waals surface area contributed by atoms with Gasteiger partial charge in [0, 0.05) is 17.0 Å². The van der Waals surface area contributed by atoms with E-state index in [1.807, 2.05) is 56.3 Å². The first-order valence-corrected chi connectivity index (χ1v) is 11.6. The lowest BCUT2D eigenvalue weighted by atomic mass is 10.1. The van der Waals surface area contributed by atoms with Crippen molar-refractivity contribution in [3.63, 3.8) is 0 Å². The van der Waals surface area contributed by atoms with Crippen molar-refractivity contribution in [3.05, 3.63) is 74.6 Å². The van der Waals surface area contributed by atoms with Crippen LogP contribution in [0.2, 0.25) is 5.02 Å². The molecule has 0 saturated carbocycles. The fourth-order valence-electron chi connectivity index (χ4n) is 3.34. The van der Waals surface area contributed by atoms with Gasteiger partial charge in [0.2, 0.25) is 5.91 Å². The van der Waals surface area contributed by atoms with Gasteiger partial charge in [0.1, 0.15) is 11.5 Å². The van der Waals surface area contributed by atoms with Crippen LogP contribution in [0.4, 0.5) is 10.8 Å². The van der Waals surface area contributed by atoms with Crippen LogP contribution in [0.3, 0.4) is 0 Å². The average Bonchev–Trinajstić information content (AvgIpc) is 3.35. The van der Waals surface area contributed by atoms with Crippen LogP contribution in [-0.2, 0) is 16.1 Å². The SMILES string of the molecule is CC(=O)N(c1nc(COC(=O)c2cc3ccccc3s2)cs1)c1c(C)cc(C)cc1Cl. The van der Waals surface area contributed by atoms with Crippen LogP contribution in [-0.4, -0.2) is 16.9 Å². The van der Waals surface area contributed by atoms with Gasteiger partial charge in [-0.25, -0.2) is 9.78 Å². The molecule has 0 N–H and O–H groups in total. The summed E-state index contributed by atoms with van der Waals surface area (Å²) in [6, 6.07) is 13.4. The van der Waals surface area contributed by atoms with Crippen molar-refractivity contribution in [2.45, 2.75) is 27.4 Å². The van der Waals surface area contributed by atoms with E-state index in [0.717, 1.165) is 21.2 Å². The summed E-state index contributed by atoms with van der Waals surface area (Å²) in [4.78, 5) is 31.4. The van der Waals surface area contributed by atoms with Gasteiger partial charge in [-0.2, -0.15) is 0 Å². The largest absolute Gasteiger partial charge is 0.455 e. The van der Waals surface area contributed by atoms with Gasteiger partial charge < -0.3 is 4.74 Å². The molecule has 8 heteroatoms. The number of carbonyl (C=O) groups is 2. The molecule has 0 radical (unpaired) electrons. The number of fused-ring (bicyclic) bond motifs is 1. The number of ether oxygens (including phenoxy) is 1. The molecule has 0 fully saturated rings. The maximum absolute atomic E-state index is 12.5. The first kappa shape index (κ1) is 21.5. The lowest BCUT2D eigenvalue weighted by molar-refractivity contribution is -0.115. The Labute approximate surface area is 192 Å². The standard InChI is InChI=1S/C23H19ClN2O3S2/c1-13-8-14(2)21(18(24)9-13)26(15(3)27)23-25-17(12-30-23)11-29-22(28)20-10-16-6-4-5-7-19(16)31-20/h4-10,12H,11H2,1-3H3. The molecule has 5 nitrogen and oxygen atoms in total. The van der Waals surface area contributed by atoms with E-state index < -0.39 is 5.97 Å². The van der Waals surface area contributed by atoms with E-state index in [1.54, 1.807) is 5.38 Å². The second kappa shape index (κ2) is 8.78. The number of amides is 1. The van der Waals surface area contributed by atoms with Crippen LogP contribution in [0.1, 0.15) is 33.4 Å². The highest BCUT2D eigenvalue weighted by Gasteiger charge is 2.23. The minimum atomic E-state index is -0.392. The summed E-state index contributed by atoms with van der Waals surface area (Å²) in [5.74, 6) is -0.589. The van der Waals surface area contributed by atoms with E-state index in [1.165, 1.54) is 34.5 Å². The number of aryl methyl sites for hydroxylation is 2. The van der Waals surface area contributed by atoms with Crippen molar-refractivity contribution in [3.8, 4) is 0 Å². The van der Waals surface area contributed by atoms with Gasteiger partial charge in [-0.1, -0.05) is 35.9 Å². The third-order valence-corrected chi connectivity index (χ3v) is 6.90. The number of thiophene rings is 1. The molecule has 0 aliphatic rings. The van der Waals surface area contributed by atoms with Crippen LogP contribution in [0.15, 0.2) is 47.8 Å². The number of carbonyl (C=O) groups excluding carboxylic acids is 2. The van der Waals surface area contributed by atoms with Gasteiger partial charge in [0.25, 0.3) is 0 Å². The first-order valence-electron chi connectivity index (χ1n) is 9.51. The van der Waals surface area contributed by atoms with Crippen molar-refractivity contribution in [2.24, 2.45) is 0 Å². The molecular weight excluding hydrogens is 452 g/mol. The van der Waals surface area contributed by atoms with E-state index in [2.05, 4.69) is 4.98 Å². The van der Waals surface area contributed by atoms with Gasteiger partial charge in [-0.15, -0.1) is 22.7 Å². The van der Waals surface area contributed by atoms with E-state index in [9.17, 15) is 9.59 Å². The number of nitrogens with zero attached hydrogens (tertiary/aromatic N) is 2. The number of thiazole rings is 1. The summed E-state index contributed by atoms with van der Waals surface area (Å²) in [5, 5.41) is 3.76. The van der Waals surface area contributed by atoms with Gasteiger partial charge in [0.05, 0.1) is 16.4 Å². The van der Waals surface area contributed by atoms with E-state index in [4.69, 9.17) is 16.3 Å². The molecule has 2 aromatic carbocycles. The van der Waals surface area contributed by atoms with Crippen molar-refractivity contribution in [1.82, 2.24) is 4.98 Å². The predicted octanol–water partition coefficient (Wildman–Crippen LogP) is 6.67. The molecule has 158 valence electrons. The van der Waals surface area contributed by atoms with Crippen molar-refractivity contribution in [2.75, 3.05) is 4.90 Å². The van der Waals surface area contributed by atoms with Crippen molar-refractivity contribution in [1.29, 1.82) is 0 Å². The molecule has 31 heavy (non-hydrogen) atoms. The summed E-state index contributed by atoms with van der Waals surface area (Å²) in [6.07, 6.45) is 0. The molecule has 1 amide bonds. The third kappa shape index (κ3) is 4.49. The number of anilines is 2. The van der Waals surface area contributed by atoms with Crippen LogP contribution in [0.25, 0.3) is 10.1 Å². The van der Waals surface area contributed by atoms with Crippen LogP contribution in [0.5, 0.6) is 0 Å². The molecular formula is C23H19ClN2O3S2. The van der Waals surface area contributed by atoms with Crippen molar-refractivity contribution >= 4 is 67.1 Å². The Bertz CT molecular complexity index is 1240. The Kier molecular flexibility index (Phi) is 6.09. The monoisotopic (exact) mass is 470 g/mol. The summed E-state index contributed by atoms with van der Waals surface area (Å²) in [6.45, 7) is 5.35. The Morgan fingerprint density at radius 2 is 1.94 bits per heavy atom. The summed E-state index contributed by atoms with van der Waals surface area (Å²) >= 11 is 9.15. The summed E-state index contributed by atoms with van der Waals surface area (Å²) < 4.78 is 6.49. The lowest BCUT2D eigenvalue weighted by Crippen LogP contribution is -2.24. The van der Waals surface area contributed by atoms with Gasteiger partial charge in [-0.05, 0) is 48.6 Å². The second-order valence-electron chi connectivity index (χ2n) is 7.11. The Balaban J connectivity index is 1.52. The zero-order valence-electron chi connectivity index (χ0n) is 17.1. The molecule has 0 saturated heterocycles. The second-order valence-corrected chi connectivity index (χ2v) is 9.44. The molecule has 2 aromatic heterocycles. The highest BCUT2D eigenvalue weighted by molar-refractivity contribution is 7.20. The minimum Gasteiger partial charge on any atom is -0.455 e. The molecule has 0 spiro atoms. The van der Waals surface area contributed by atoms with Crippen LogP contribution in [0, 0.1) is 13.8 Å². The number of benzene rings is 2. The quantitative estimate of drug-likeness (QED) is 0.305. The van der Waals surface area contributed by atoms with E-state index in [-0.39, 0.29) is 12.5 Å². The first-order chi connectivity index (χ1) is 14.8. The van der Waals surface area contributed by atoms with Gasteiger partial charge in [0.15, 0.2) is 5.13 Å². The van der Waals surface area contributed by atoms with E-state index in [0.29, 0.717) is 26.4 Å². The van der Waals surface area contributed by atoms with Gasteiger partial charge in [-0.3, -0.25) is 9.69 Å². The van der Waals surface area contributed by atoms with Gasteiger partial charge >= 0.3 is 5.97 Å². The molecule has 2 heterocycles. The number of hydrogen-bond donors (Lipinski definition) is 0. The maximum atomic E-state index is 12.5. The third-order valence-electron chi connectivity index (χ3n) is 4.65. The number of hydrogen-bond acceptors (Lipinski definition) is 6. The number of aromatic nitrogens is 1. The lowest BCUT2D eigenvalue weighted by Gasteiger charge is -2.22. The molecule has 0 aliphatic carbocycles. The Morgan fingerprint density at radius 1 is 1.16 bits per heavy atom. The van der Waals surface area contributed by atoms with Crippen LogP contribution < -0.4 is 4.90 Å². The summed E-state index contributed by atoms with van der Waals surface area (Å²) in [5.41, 5.74) is 3.08. The molecule has 0 atom stereocenters. The Morgan fingerprint density at radius 3 is 2.65 bits per heavy atom. The zero-order chi connectivity index (χ0) is 22.1. The molecule has 4 aromatic rings. The summed E-state index contributed by atoms with van der Waals surface area (Å²) in [7, 11) is 0. The topological polar surface area (TPSA) is 59.5 Å². The highest BCUT2D eigenvalue weighted by Crippen LogP contribution is 2.37. The number of rotatable bonds is 5.